The predicted octanol–water partition coefficient (Wildman–Crippen LogP) is -6.30. The molecule has 0 radical (unpaired) electrons. The Hall–Kier alpha value is -0.560. The Morgan fingerprint density at radius 1 is 0.719 bits per heavy atom. The molecule has 15 atom stereocenters. The summed E-state index contributed by atoms with van der Waals surface area (Å²) >= 11 is 0. The average molecular weight is 468 g/mol. The van der Waals surface area contributed by atoms with Crippen LogP contribution in [0.3, 0.4) is 0 Å². The van der Waals surface area contributed by atoms with E-state index in [1.165, 1.54) is 0 Å². The van der Waals surface area contributed by atoms with E-state index in [0.717, 1.165) is 0 Å². The number of hydrogen-bond acceptors (Lipinski definition) is 14. The lowest BCUT2D eigenvalue weighted by atomic mass is 9.84. The molecule has 0 amide bonds. The minimum Gasteiger partial charge on any atom is -0.388 e. The lowest BCUT2D eigenvalue weighted by Gasteiger charge is -2.48. The molecule has 2 saturated heterocycles. The first-order chi connectivity index (χ1) is 15.0. The molecular formula is C18H37N5O9. The molecule has 32 heavy (non-hydrogen) atoms. The van der Waals surface area contributed by atoms with E-state index in [9.17, 15) is 25.5 Å². The monoisotopic (exact) mass is 467 g/mol. The Morgan fingerprint density at radius 2 is 1.25 bits per heavy atom. The second-order valence-electron chi connectivity index (χ2n) is 8.86. The quantitative estimate of drug-likeness (QED) is 0.180. The van der Waals surface area contributed by atoms with Crippen LogP contribution in [0.15, 0.2) is 0 Å². The fourth-order valence-electron chi connectivity index (χ4n) is 4.38. The second kappa shape index (κ2) is 10.4. The van der Waals surface area contributed by atoms with E-state index >= 15 is 0 Å². The first-order valence-electron chi connectivity index (χ1n) is 10.7. The summed E-state index contributed by atoms with van der Waals surface area (Å²) in [5.41, 5.74) is 29.6. The van der Waals surface area contributed by atoms with Gasteiger partial charge in [0.25, 0.3) is 0 Å². The van der Waals surface area contributed by atoms with Gasteiger partial charge < -0.3 is 73.1 Å². The van der Waals surface area contributed by atoms with E-state index in [1.807, 2.05) is 0 Å². The van der Waals surface area contributed by atoms with Crippen molar-refractivity contribution in [1.29, 1.82) is 0 Å². The van der Waals surface area contributed by atoms with Crippen molar-refractivity contribution in [3.8, 4) is 0 Å². The molecule has 0 bridgehead atoms. The second-order valence-corrected chi connectivity index (χ2v) is 8.86. The van der Waals surface area contributed by atoms with Crippen molar-refractivity contribution in [3.63, 3.8) is 0 Å². The summed E-state index contributed by atoms with van der Waals surface area (Å²) in [6, 6.07) is -3.44. The van der Waals surface area contributed by atoms with Gasteiger partial charge in [0.15, 0.2) is 12.6 Å². The molecule has 0 spiro atoms. The number of hydrogen-bond donors (Lipinski definition) is 10. The molecule has 0 aromatic carbocycles. The highest BCUT2D eigenvalue weighted by Crippen LogP contribution is 2.30. The molecule has 2 heterocycles. The molecular weight excluding hydrogens is 430 g/mol. The van der Waals surface area contributed by atoms with Crippen molar-refractivity contribution in [2.24, 2.45) is 28.7 Å². The van der Waals surface area contributed by atoms with Gasteiger partial charge in [0.2, 0.25) is 0 Å². The highest BCUT2D eigenvalue weighted by molar-refractivity contribution is 5.01. The number of nitrogens with two attached hydrogens (primary N) is 5. The smallest absolute Gasteiger partial charge is 0.186 e. The van der Waals surface area contributed by atoms with Crippen LogP contribution in [0, 0.1) is 0 Å². The maximum Gasteiger partial charge on any atom is 0.186 e. The zero-order valence-electron chi connectivity index (χ0n) is 17.8. The van der Waals surface area contributed by atoms with Gasteiger partial charge in [-0.25, -0.2) is 0 Å². The van der Waals surface area contributed by atoms with Gasteiger partial charge in [0.05, 0.1) is 18.2 Å². The first kappa shape index (κ1) is 26.1. The van der Waals surface area contributed by atoms with Crippen molar-refractivity contribution in [2.45, 2.75) is 105 Å². The normalized spacial score (nSPS) is 55.0. The minimum absolute atomic E-state index is 0.0970. The van der Waals surface area contributed by atoms with Crippen molar-refractivity contribution < 1.29 is 44.5 Å². The van der Waals surface area contributed by atoms with Crippen molar-refractivity contribution >= 4 is 0 Å². The molecule has 1 saturated carbocycles. The van der Waals surface area contributed by atoms with Crippen LogP contribution < -0.4 is 28.7 Å². The van der Waals surface area contributed by atoms with Crippen molar-refractivity contribution in [3.05, 3.63) is 0 Å². The maximum atomic E-state index is 11.0. The number of rotatable bonds is 5. The van der Waals surface area contributed by atoms with Gasteiger partial charge in [-0.1, -0.05) is 0 Å². The van der Waals surface area contributed by atoms with Crippen molar-refractivity contribution in [2.75, 3.05) is 6.54 Å². The molecule has 0 aromatic rings. The van der Waals surface area contributed by atoms with Gasteiger partial charge in [-0.05, 0) is 13.3 Å². The molecule has 3 rings (SSSR count). The van der Waals surface area contributed by atoms with E-state index in [-0.39, 0.29) is 13.0 Å². The van der Waals surface area contributed by atoms with Crippen LogP contribution >= 0.6 is 0 Å². The zero-order valence-corrected chi connectivity index (χ0v) is 17.8. The maximum absolute atomic E-state index is 11.0. The van der Waals surface area contributed by atoms with Gasteiger partial charge >= 0.3 is 0 Å². The van der Waals surface area contributed by atoms with Crippen LogP contribution in [-0.2, 0) is 18.9 Å². The van der Waals surface area contributed by atoms with Crippen LogP contribution in [0.1, 0.15) is 13.3 Å². The molecule has 14 heteroatoms. The van der Waals surface area contributed by atoms with Crippen LogP contribution in [0.4, 0.5) is 0 Å². The molecule has 3 aliphatic rings. The fourth-order valence-corrected chi connectivity index (χ4v) is 4.38. The largest absolute Gasteiger partial charge is 0.388 e. The van der Waals surface area contributed by atoms with Crippen LogP contribution in [0.25, 0.3) is 0 Å². The summed E-state index contributed by atoms with van der Waals surface area (Å²) in [6.45, 7) is 1.52. The molecule has 0 unspecified atom stereocenters. The lowest BCUT2D eigenvalue weighted by molar-refractivity contribution is -0.316. The Bertz CT molecular complexity index is 621. The molecule has 0 aromatic heterocycles. The molecule has 15 N–H and O–H groups in total. The SMILES string of the molecule is C[C@H]1O[C@@H](O[C@@H]2[C@@H](O)[C@H](O[C@H]3O[C@H](CN)[C@H](O)[C@H](O)[C@H]3N)[C@@H](N)C[C@H]2N)[C@H](O)[C@@H](O)[C@H]1N. The van der Waals surface area contributed by atoms with Gasteiger partial charge in [-0.2, -0.15) is 0 Å². The summed E-state index contributed by atoms with van der Waals surface area (Å²) < 4.78 is 22.7. The molecule has 3 fully saturated rings. The standard InChI is InChI=1S/C18H37N5O9/c1-4-8(22)11(25)13(27)18(29-4)32-16-6(21)2-5(20)15(14(16)28)31-17-9(23)12(26)10(24)7(3-19)30-17/h4-18,24-28H,2-3,19-23H2,1H3/t4-,5+,6-,7-,8+,9-,10+,11+,12-,13-,14+,15-,16+,17-,18+/m1/s1. The summed E-state index contributed by atoms with van der Waals surface area (Å²) in [4.78, 5) is 0. The Kier molecular flexibility index (Phi) is 8.44. The summed E-state index contributed by atoms with van der Waals surface area (Å²) in [7, 11) is 0. The fraction of sp³-hybridized carbons (Fsp3) is 1.00. The average Bonchev–Trinajstić information content (AvgIpc) is 2.75. The lowest BCUT2D eigenvalue weighted by Crippen LogP contribution is -2.69. The highest BCUT2D eigenvalue weighted by Gasteiger charge is 2.50. The third kappa shape index (κ3) is 4.94. The predicted molar refractivity (Wildman–Crippen MR) is 108 cm³/mol. The molecule has 2 aliphatic heterocycles. The highest BCUT2D eigenvalue weighted by atomic mass is 16.7. The zero-order chi connectivity index (χ0) is 23.9. The van der Waals surface area contributed by atoms with Gasteiger partial charge in [0, 0.05) is 18.6 Å². The van der Waals surface area contributed by atoms with Crippen molar-refractivity contribution in [1.82, 2.24) is 0 Å². The Labute approximate surface area is 185 Å². The minimum atomic E-state index is -1.47. The van der Waals surface area contributed by atoms with E-state index < -0.39 is 91.7 Å². The Balaban J connectivity index is 1.71. The van der Waals surface area contributed by atoms with E-state index in [0.29, 0.717) is 0 Å². The summed E-state index contributed by atoms with van der Waals surface area (Å²) in [5.74, 6) is 0. The van der Waals surface area contributed by atoms with E-state index in [2.05, 4.69) is 0 Å². The van der Waals surface area contributed by atoms with E-state index in [1.54, 1.807) is 6.92 Å². The van der Waals surface area contributed by atoms with Crippen LogP contribution in [0.5, 0.6) is 0 Å². The van der Waals surface area contributed by atoms with E-state index in [4.69, 9.17) is 47.6 Å². The molecule has 188 valence electrons. The molecule has 14 nitrogen and oxygen atoms in total. The topological polar surface area (TPSA) is 268 Å². The van der Waals surface area contributed by atoms with Gasteiger partial charge in [-0.15, -0.1) is 0 Å². The summed E-state index contributed by atoms with van der Waals surface area (Å²) in [5, 5.41) is 51.6. The number of aliphatic hydroxyl groups is 5. The third-order valence-electron chi connectivity index (χ3n) is 6.54. The van der Waals surface area contributed by atoms with Gasteiger partial charge in [-0.3, -0.25) is 0 Å². The third-order valence-corrected chi connectivity index (χ3v) is 6.54. The van der Waals surface area contributed by atoms with Crippen LogP contribution in [0.2, 0.25) is 0 Å². The summed E-state index contributed by atoms with van der Waals surface area (Å²) in [6.07, 6.45) is -12.9. The number of aliphatic hydroxyl groups excluding tert-OH is 5. The Morgan fingerprint density at radius 3 is 1.81 bits per heavy atom. The van der Waals surface area contributed by atoms with Gasteiger partial charge in [0.1, 0.15) is 48.8 Å². The number of ether oxygens (including phenoxy) is 4. The first-order valence-corrected chi connectivity index (χ1v) is 10.7. The molecule has 1 aliphatic carbocycles. The van der Waals surface area contributed by atoms with Crippen LogP contribution in [-0.4, -0.2) is 124 Å².